The first kappa shape index (κ1) is 15.1. The topological polar surface area (TPSA) is 105 Å². The second-order valence-electron chi connectivity index (χ2n) is 4.04. The van der Waals surface area contributed by atoms with Gasteiger partial charge in [-0.3, -0.25) is 0 Å². The summed E-state index contributed by atoms with van der Waals surface area (Å²) in [5.41, 5.74) is 0.280. The van der Waals surface area contributed by atoms with Gasteiger partial charge in [-0.2, -0.15) is 0 Å². The van der Waals surface area contributed by atoms with E-state index in [4.69, 9.17) is 14.2 Å². The molecule has 1 saturated heterocycles. The summed E-state index contributed by atoms with van der Waals surface area (Å²) in [4.78, 5) is 11.0. The Kier molecular flexibility index (Phi) is 5.70. The highest BCUT2D eigenvalue weighted by Gasteiger charge is 2.38. The predicted octanol–water partition coefficient (Wildman–Crippen LogP) is -1.44. The summed E-state index contributed by atoms with van der Waals surface area (Å²) in [6.45, 7) is 4.79. The van der Waals surface area contributed by atoms with Gasteiger partial charge in [0.2, 0.25) is 0 Å². The van der Waals surface area contributed by atoms with Crippen molar-refractivity contribution in [2.24, 2.45) is 0 Å². The molecule has 1 aliphatic heterocycles. The first-order valence-electron chi connectivity index (χ1n) is 5.53. The van der Waals surface area contributed by atoms with E-state index in [1.54, 1.807) is 0 Å². The maximum Gasteiger partial charge on any atom is 0.333 e. The molecule has 0 spiro atoms. The lowest BCUT2D eigenvalue weighted by Gasteiger charge is -2.34. The van der Waals surface area contributed by atoms with Gasteiger partial charge in [-0.05, 0) is 6.92 Å². The van der Waals surface area contributed by atoms with E-state index in [9.17, 15) is 20.1 Å². The molecule has 18 heavy (non-hydrogen) atoms. The molecule has 0 bridgehead atoms. The molecule has 4 atom stereocenters. The minimum Gasteiger partial charge on any atom is -0.460 e. The van der Waals surface area contributed by atoms with Gasteiger partial charge in [-0.1, -0.05) is 6.58 Å². The lowest BCUT2D eigenvalue weighted by molar-refractivity contribution is -0.271. The Balaban J connectivity index is 2.23. The fourth-order valence-corrected chi connectivity index (χ4v) is 1.35. The number of carbonyl (C=O) groups excluding carboxylic acids is 1. The minimum atomic E-state index is -1.34. The minimum absolute atomic E-state index is 0.00353. The highest BCUT2D eigenvalue weighted by Crippen LogP contribution is 2.16. The van der Waals surface area contributed by atoms with Crippen molar-refractivity contribution in [3.05, 3.63) is 12.2 Å². The van der Waals surface area contributed by atoms with Crippen molar-refractivity contribution < 1.29 is 34.3 Å². The lowest BCUT2D eigenvalue weighted by Crippen LogP contribution is -2.53. The molecule has 0 aromatic heterocycles. The first-order chi connectivity index (χ1) is 8.43. The molecule has 1 aliphatic rings. The van der Waals surface area contributed by atoms with E-state index in [2.05, 4.69) is 6.58 Å². The van der Waals surface area contributed by atoms with Crippen LogP contribution in [-0.2, 0) is 19.0 Å². The highest BCUT2D eigenvalue weighted by atomic mass is 16.7. The van der Waals surface area contributed by atoms with Crippen LogP contribution in [0.25, 0.3) is 0 Å². The molecule has 1 rings (SSSR count). The summed E-state index contributed by atoms with van der Waals surface area (Å²) < 4.78 is 14.8. The van der Waals surface area contributed by atoms with Crippen LogP contribution in [0.1, 0.15) is 6.92 Å². The van der Waals surface area contributed by atoms with E-state index in [-0.39, 0.29) is 25.4 Å². The van der Waals surface area contributed by atoms with Crippen molar-refractivity contribution in [1.82, 2.24) is 0 Å². The molecule has 0 radical (unpaired) electrons. The number of hydrogen-bond donors (Lipinski definition) is 3. The molecule has 1 heterocycles. The lowest BCUT2D eigenvalue weighted by atomic mass is 10.1. The number of hydrogen-bond acceptors (Lipinski definition) is 7. The maximum absolute atomic E-state index is 11.0. The zero-order chi connectivity index (χ0) is 13.7. The molecule has 0 amide bonds. The second-order valence-corrected chi connectivity index (χ2v) is 4.04. The summed E-state index contributed by atoms with van der Waals surface area (Å²) >= 11 is 0. The van der Waals surface area contributed by atoms with Gasteiger partial charge < -0.3 is 29.5 Å². The monoisotopic (exact) mass is 262 g/mol. The maximum atomic E-state index is 11.0. The van der Waals surface area contributed by atoms with Crippen LogP contribution in [0.4, 0.5) is 0 Å². The molecule has 0 aromatic rings. The Morgan fingerprint density at radius 1 is 1.33 bits per heavy atom. The summed E-state index contributed by atoms with van der Waals surface area (Å²) in [7, 11) is 0. The number of esters is 1. The van der Waals surface area contributed by atoms with Crippen LogP contribution in [-0.4, -0.2) is 65.7 Å². The van der Waals surface area contributed by atoms with E-state index < -0.39 is 30.6 Å². The molecular formula is C11H18O7. The fourth-order valence-electron chi connectivity index (χ4n) is 1.35. The van der Waals surface area contributed by atoms with Crippen molar-refractivity contribution in [3.63, 3.8) is 0 Å². The third-order valence-corrected chi connectivity index (χ3v) is 2.40. The Bertz CT molecular complexity index is 304. The van der Waals surface area contributed by atoms with Gasteiger partial charge in [0.15, 0.2) is 6.29 Å². The molecule has 1 fully saturated rings. The molecule has 0 saturated carbocycles. The summed E-state index contributed by atoms with van der Waals surface area (Å²) in [5, 5.41) is 28.1. The van der Waals surface area contributed by atoms with Crippen molar-refractivity contribution >= 4 is 5.97 Å². The molecule has 0 aliphatic carbocycles. The smallest absolute Gasteiger partial charge is 0.333 e. The van der Waals surface area contributed by atoms with Gasteiger partial charge in [0.05, 0.1) is 13.2 Å². The van der Waals surface area contributed by atoms with Gasteiger partial charge in [0.25, 0.3) is 0 Å². The third-order valence-electron chi connectivity index (χ3n) is 2.40. The zero-order valence-electron chi connectivity index (χ0n) is 10.1. The molecule has 1 unspecified atom stereocenters. The van der Waals surface area contributed by atoms with Crippen LogP contribution in [0.2, 0.25) is 0 Å². The average molecular weight is 262 g/mol. The van der Waals surface area contributed by atoms with Crippen LogP contribution in [0.5, 0.6) is 0 Å². The SMILES string of the molecule is C=C(C)C(=O)OCCOC1OC[C@@H](O)[C@H](O)[C@H]1O. The molecule has 0 aromatic carbocycles. The van der Waals surface area contributed by atoms with Gasteiger partial charge in [0, 0.05) is 5.57 Å². The van der Waals surface area contributed by atoms with Crippen molar-refractivity contribution in [3.8, 4) is 0 Å². The molecular weight excluding hydrogens is 244 g/mol. The number of ether oxygens (including phenoxy) is 3. The van der Waals surface area contributed by atoms with Gasteiger partial charge in [-0.15, -0.1) is 0 Å². The summed E-state index contributed by atoms with van der Waals surface area (Å²) in [5.74, 6) is -0.529. The van der Waals surface area contributed by atoms with Gasteiger partial charge in [0.1, 0.15) is 24.9 Å². The van der Waals surface area contributed by atoms with Crippen molar-refractivity contribution in [2.45, 2.75) is 31.5 Å². The number of rotatable bonds is 5. The Morgan fingerprint density at radius 2 is 2.00 bits per heavy atom. The van der Waals surface area contributed by atoms with Crippen LogP contribution < -0.4 is 0 Å². The van der Waals surface area contributed by atoms with Crippen LogP contribution in [0, 0.1) is 0 Å². The van der Waals surface area contributed by atoms with Gasteiger partial charge >= 0.3 is 5.97 Å². The number of aliphatic hydroxyl groups excluding tert-OH is 3. The highest BCUT2D eigenvalue weighted by molar-refractivity contribution is 5.86. The third kappa shape index (κ3) is 4.04. The number of aliphatic hydroxyl groups is 3. The van der Waals surface area contributed by atoms with E-state index in [0.717, 1.165) is 0 Å². The average Bonchev–Trinajstić information content (AvgIpc) is 2.33. The first-order valence-corrected chi connectivity index (χ1v) is 5.53. The number of carbonyl (C=O) groups is 1. The Labute approximate surface area is 105 Å². The summed E-state index contributed by atoms with van der Waals surface area (Å²) in [6.07, 6.45) is -4.85. The summed E-state index contributed by atoms with van der Waals surface area (Å²) in [6, 6.07) is 0. The molecule has 3 N–H and O–H groups in total. The van der Waals surface area contributed by atoms with Crippen LogP contribution >= 0.6 is 0 Å². The Morgan fingerprint density at radius 3 is 2.61 bits per heavy atom. The standard InChI is InChI=1S/C11H18O7/c1-6(2)10(15)16-3-4-17-11-9(14)8(13)7(12)5-18-11/h7-9,11-14H,1,3-5H2,2H3/t7-,8+,9-,11?/m1/s1. The normalized spacial score (nSPS) is 32.0. The van der Waals surface area contributed by atoms with Crippen LogP contribution in [0.15, 0.2) is 12.2 Å². The second kappa shape index (κ2) is 6.81. The molecule has 7 heteroatoms. The molecule has 7 nitrogen and oxygen atoms in total. The zero-order valence-corrected chi connectivity index (χ0v) is 10.1. The quantitative estimate of drug-likeness (QED) is 0.316. The largest absolute Gasteiger partial charge is 0.460 e. The van der Waals surface area contributed by atoms with Crippen LogP contribution in [0.3, 0.4) is 0 Å². The van der Waals surface area contributed by atoms with Crippen molar-refractivity contribution in [2.75, 3.05) is 19.8 Å². The van der Waals surface area contributed by atoms with E-state index >= 15 is 0 Å². The predicted molar refractivity (Wildman–Crippen MR) is 59.5 cm³/mol. The van der Waals surface area contributed by atoms with E-state index in [1.807, 2.05) is 0 Å². The van der Waals surface area contributed by atoms with E-state index in [1.165, 1.54) is 6.92 Å². The Hall–Kier alpha value is -0.990. The molecule has 104 valence electrons. The fraction of sp³-hybridized carbons (Fsp3) is 0.727. The van der Waals surface area contributed by atoms with E-state index in [0.29, 0.717) is 0 Å². The van der Waals surface area contributed by atoms with Gasteiger partial charge in [-0.25, -0.2) is 4.79 Å². The van der Waals surface area contributed by atoms with Crippen molar-refractivity contribution in [1.29, 1.82) is 0 Å².